The molecule has 6 aromatic carbocycles. The lowest BCUT2D eigenvalue weighted by Crippen LogP contribution is -2.38. The van der Waals surface area contributed by atoms with Crippen molar-refractivity contribution in [3.8, 4) is 50.6 Å². The third kappa shape index (κ3) is 19.3. The second-order valence-electron chi connectivity index (χ2n) is 35.9. The molecular formula is C100H117N9O15. The van der Waals surface area contributed by atoms with Crippen LogP contribution in [0.1, 0.15) is 202 Å². The lowest BCUT2D eigenvalue weighted by atomic mass is 9.78. The van der Waals surface area contributed by atoms with Crippen LogP contribution >= 0.6 is 0 Å². The van der Waals surface area contributed by atoms with Crippen LogP contribution in [0.4, 0.5) is 31.8 Å². The van der Waals surface area contributed by atoms with Crippen molar-refractivity contribution < 1.29 is 72.5 Å². The largest absolute Gasteiger partial charge is 0.496 e. The summed E-state index contributed by atoms with van der Waals surface area (Å²) >= 11 is 0. The fraction of sp³-hybridized carbons (Fsp3) is 0.430. The first-order valence-corrected chi connectivity index (χ1v) is 43.4. The van der Waals surface area contributed by atoms with Gasteiger partial charge in [0.15, 0.2) is 0 Å². The minimum absolute atomic E-state index is 0.00523. The van der Waals surface area contributed by atoms with E-state index in [1.807, 2.05) is 154 Å². The molecule has 9 aromatic rings. The van der Waals surface area contributed by atoms with Crippen LogP contribution in [0, 0.1) is 46.0 Å². The molecule has 0 unspecified atom stereocenters. The van der Waals surface area contributed by atoms with Gasteiger partial charge in [-0.25, -0.2) is 29.3 Å². The number of hydrogen-bond acceptors (Lipinski definition) is 18. The maximum Gasteiger partial charge on any atom is 0.411 e. The average Bonchev–Trinajstić information content (AvgIpc) is 1.43. The fourth-order valence-electron chi connectivity index (χ4n) is 18.2. The van der Waals surface area contributed by atoms with E-state index in [4.69, 9.17) is 43.4 Å². The Morgan fingerprint density at radius 3 is 1.19 bits per heavy atom. The lowest BCUT2D eigenvalue weighted by molar-refractivity contribution is -0.147. The standard InChI is InChI=1S/C34H39N3O5.2C33H39N3O5/c1-21-6-4-7-26(18-21)32-22(2)37(34(40)42-32)20-29-27(13-15-31(35-29)36-16-5-17-36)28-19-25(12-14-30(28)41-3)23-8-10-24(11-9-23)33(38)39;1-20-14-21(2)16-23(15-20)31-22(3)36(32(39)41-31)19-27-25(9-11-29(34-27)35-12-7-13-35)26-17-24(8-10-28(26)40-6)33(4,5)18-30(37)38;1-20-14-21(2)16-24(15-20)30-22(3)36(32(39)41-30)19-27-25(9-11-29(34-27)35-12-7-13-35)26-17-23(8-10-28(26)40-6)18-33(4,5)31(37)38/h4,6-7,12-15,18-19,22-24,32H,5,8-11,16-17,20H2,1-3H3,(H,38,39);8-11,14-17,22,31H,7,12-13,18-19H2,1-6H3,(H,37,38);8-11,14-17,22,30H,7,12-13,18-19H2,1-6H3,(H,37,38)/t22-,23?,24?,32-;22-,31-;22-,30-/m000/s1. The number of aryl methyl sites for hydroxylation is 5. The Labute approximate surface area is 727 Å². The van der Waals surface area contributed by atoms with Crippen molar-refractivity contribution >= 4 is 53.6 Å². The van der Waals surface area contributed by atoms with Crippen molar-refractivity contribution in [2.75, 3.05) is 75.3 Å². The Hall–Kier alpha value is -12.2. The third-order valence-corrected chi connectivity index (χ3v) is 25.8. The van der Waals surface area contributed by atoms with E-state index in [2.05, 4.69) is 81.4 Å². The van der Waals surface area contributed by atoms with Gasteiger partial charge in [0.25, 0.3) is 0 Å². The van der Waals surface area contributed by atoms with Crippen LogP contribution in [0.25, 0.3) is 33.4 Å². The molecule has 16 rings (SSSR count). The lowest BCUT2D eigenvalue weighted by Gasteiger charge is -2.33. The summed E-state index contributed by atoms with van der Waals surface area (Å²) in [5.41, 5.74) is 17.5. The number of nitrogens with zero attached hydrogens (tertiary/aromatic N) is 9. The Bertz CT molecular complexity index is 5450. The summed E-state index contributed by atoms with van der Waals surface area (Å²) in [5.74, 6) is 2.37. The molecule has 7 aliphatic rings. The van der Waals surface area contributed by atoms with Gasteiger partial charge in [0, 0.05) is 78.1 Å². The molecule has 9 heterocycles. The van der Waals surface area contributed by atoms with Crippen LogP contribution in [-0.2, 0) is 60.1 Å². The number of carbonyl (C=O) groups is 6. The summed E-state index contributed by atoms with van der Waals surface area (Å²) in [6.07, 6.45) is 4.65. The van der Waals surface area contributed by atoms with Crippen molar-refractivity contribution in [1.82, 2.24) is 29.7 Å². The van der Waals surface area contributed by atoms with Gasteiger partial charge in [-0.1, -0.05) is 121 Å². The number of methoxy groups -OCH3 is 3. The van der Waals surface area contributed by atoms with Gasteiger partial charge in [-0.3, -0.25) is 29.1 Å². The number of pyridine rings is 3. The van der Waals surface area contributed by atoms with Gasteiger partial charge < -0.3 is 58.4 Å². The molecule has 3 aromatic heterocycles. The fourth-order valence-corrected chi connectivity index (χ4v) is 18.2. The van der Waals surface area contributed by atoms with Crippen molar-refractivity contribution in [2.24, 2.45) is 11.3 Å². The van der Waals surface area contributed by atoms with Gasteiger partial charge in [0.1, 0.15) is 53.0 Å². The van der Waals surface area contributed by atoms with E-state index in [0.29, 0.717) is 43.2 Å². The molecule has 652 valence electrons. The Kier molecular flexibility index (Phi) is 26.3. The van der Waals surface area contributed by atoms with Crippen LogP contribution in [0.5, 0.6) is 17.2 Å². The molecular weight excluding hydrogens is 1570 g/mol. The number of benzene rings is 6. The Morgan fingerprint density at radius 1 is 0.427 bits per heavy atom. The zero-order valence-electron chi connectivity index (χ0n) is 74.0. The quantitative estimate of drug-likeness (QED) is 0.0425. The number of aliphatic carboxylic acids is 3. The number of carboxylic acids is 3. The monoisotopic (exact) mass is 1680 g/mol. The third-order valence-electron chi connectivity index (χ3n) is 25.8. The zero-order chi connectivity index (χ0) is 88.3. The molecule has 3 amide bonds. The van der Waals surface area contributed by atoms with Gasteiger partial charge in [-0.15, -0.1) is 0 Å². The molecule has 0 bridgehead atoms. The number of carbonyl (C=O) groups excluding carboxylic acids is 3. The number of anilines is 3. The van der Waals surface area contributed by atoms with E-state index < -0.39 is 28.7 Å². The highest BCUT2D eigenvalue weighted by atomic mass is 16.6. The highest BCUT2D eigenvalue weighted by molar-refractivity contribution is 5.81. The summed E-state index contributed by atoms with van der Waals surface area (Å²) in [6, 6.07) is 50.2. The van der Waals surface area contributed by atoms with E-state index in [0.717, 1.165) is 201 Å². The van der Waals surface area contributed by atoms with Crippen molar-refractivity contribution in [3.05, 3.63) is 230 Å². The van der Waals surface area contributed by atoms with Crippen molar-refractivity contribution in [2.45, 2.75) is 208 Å². The van der Waals surface area contributed by atoms with Gasteiger partial charge in [-0.2, -0.15) is 0 Å². The number of carboxylic acid groups (broad SMARTS) is 3. The molecule has 24 nitrogen and oxygen atoms in total. The van der Waals surface area contributed by atoms with E-state index in [-0.39, 0.29) is 80.1 Å². The molecule has 6 atom stereocenters. The van der Waals surface area contributed by atoms with Crippen molar-refractivity contribution in [1.29, 1.82) is 0 Å². The van der Waals surface area contributed by atoms with Crippen LogP contribution in [-0.4, -0.2) is 160 Å². The minimum atomic E-state index is -0.924. The number of aromatic nitrogens is 3. The molecule has 6 aliphatic heterocycles. The van der Waals surface area contributed by atoms with Gasteiger partial charge >= 0.3 is 36.2 Å². The van der Waals surface area contributed by atoms with Gasteiger partial charge in [0.05, 0.1) is 93.9 Å². The van der Waals surface area contributed by atoms with E-state index in [1.165, 1.54) is 5.56 Å². The average molecular weight is 1690 g/mol. The maximum absolute atomic E-state index is 13.3. The molecule has 0 radical (unpaired) electrons. The topological polar surface area (TPSA) is 277 Å². The highest BCUT2D eigenvalue weighted by Gasteiger charge is 2.45. The summed E-state index contributed by atoms with van der Waals surface area (Å²) in [7, 11) is 4.91. The summed E-state index contributed by atoms with van der Waals surface area (Å²) in [6.45, 7) is 30.2. The van der Waals surface area contributed by atoms with Crippen LogP contribution in [0.15, 0.2) is 152 Å². The number of cyclic esters (lactones) is 3. The first kappa shape index (κ1) is 88.1. The molecule has 1 aliphatic carbocycles. The van der Waals surface area contributed by atoms with Gasteiger partial charge in [-0.05, 0) is 233 Å². The Balaban J connectivity index is 0.000000151. The first-order valence-electron chi connectivity index (χ1n) is 43.4. The van der Waals surface area contributed by atoms with Gasteiger partial charge in [0.2, 0.25) is 0 Å². The molecule has 7 fully saturated rings. The predicted octanol–water partition coefficient (Wildman–Crippen LogP) is 19.5. The van der Waals surface area contributed by atoms with Crippen molar-refractivity contribution in [3.63, 3.8) is 0 Å². The highest BCUT2D eigenvalue weighted by Crippen LogP contribution is 2.47. The summed E-state index contributed by atoms with van der Waals surface area (Å²) in [4.78, 5) is 102. The van der Waals surface area contributed by atoms with Crippen LogP contribution in [0.2, 0.25) is 0 Å². The number of hydrogen-bond donors (Lipinski definition) is 3. The number of ether oxygens (including phenoxy) is 6. The summed E-state index contributed by atoms with van der Waals surface area (Å²) in [5, 5.41) is 28.7. The molecule has 6 saturated heterocycles. The van der Waals surface area contributed by atoms with Crippen LogP contribution in [0.3, 0.4) is 0 Å². The molecule has 124 heavy (non-hydrogen) atoms. The van der Waals surface area contributed by atoms with E-state index >= 15 is 0 Å². The summed E-state index contributed by atoms with van der Waals surface area (Å²) < 4.78 is 35.1. The Morgan fingerprint density at radius 2 is 0.815 bits per heavy atom. The van der Waals surface area contributed by atoms with E-state index in [9.17, 15) is 44.1 Å². The second kappa shape index (κ2) is 37.1. The molecule has 24 heteroatoms. The maximum atomic E-state index is 13.3. The number of amides is 3. The minimum Gasteiger partial charge on any atom is -0.496 e. The first-order chi connectivity index (χ1) is 59.2. The molecule has 3 N–H and O–H groups in total. The van der Waals surface area contributed by atoms with Crippen LogP contribution < -0.4 is 28.9 Å². The zero-order valence-corrected chi connectivity index (χ0v) is 74.0. The second-order valence-corrected chi connectivity index (χ2v) is 35.9. The SMILES string of the molecule is COc1ccc(C(C)(C)CC(=O)O)cc1-c1ccc(N2CCC2)nc1CN1C(=O)O[C@H](c2cc(C)cc(C)c2)[C@@H]1C.COc1ccc(C2CCC(C(=O)O)CC2)cc1-c1ccc(N2CCC2)nc1CN1C(=O)O[C@H](c2cccc(C)c2)[C@@H]1C.COc1ccc(CC(C)(C)C(=O)O)cc1-c1ccc(N2CCC2)nc1CN1C(=O)O[C@H](c2cc(C)cc(C)c2)[C@@H]1C. The van der Waals surface area contributed by atoms with E-state index in [1.54, 1.807) is 49.9 Å². The number of rotatable bonds is 26. The normalized spacial score (nSPS) is 20.5. The smallest absolute Gasteiger partial charge is 0.411 e. The molecule has 1 saturated carbocycles. The molecule has 0 spiro atoms. The predicted molar refractivity (Wildman–Crippen MR) is 478 cm³/mol.